The Labute approximate surface area is 332 Å². The predicted molar refractivity (Wildman–Crippen MR) is 217 cm³/mol. The van der Waals surface area contributed by atoms with Gasteiger partial charge in [-0.15, -0.1) is 0 Å². The predicted octanol–water partition coefficient (Wildman–Crippen LogP) is 5.20. The zero-order chi connectivity index (χ0) is 39.6. The third-order valence-corrected chi connectivity index (χ3v) is 10.1. The molecule has 0 aliphatic carbocycles. The number of carbonyl (C=O) groups excluding carboxylic acids is 3. The van der Waals surface area contributed by atoms with Crippen molar-refractivity contribution in [2.75, 3.05) is 56.6 Å². The smallest absolute Gasteiger partial charge is 0.239 e. The number of nitrogens with zero attached hydrogens (tertiary/aromatic N) is 3. The van der Waals surface area contributed by atoms with Crippen LogP contribution in [-0.2, 0) is 46.7 Å². The molecule has 2 aliphatic rings. The quantitative estimate of drug-likeness (QED) is 0.132. The molecule has 2 heterocycles. The van der Waals surface area contributed by atoms with Crippen molar-refractivity contribution in [2.24, 2.45) is 0 Å². The lowest BCUT2D eigenvalue weighted by Crippen LogP contribution is -2.46. The van der Waals surface area contributed by atoms with Gasteiger partial charge in [-0.05, 0) is 78.1 Å². The third kappa shape index (κ3) is 10.1. The number of fused-ring (bicyclic) bond motifs is 2. The molecule has 0 atom stereocenters. The van der Waals surface area contributed by atoms with Crippen LogP contribution in [0.1, 0.15) is 27.8 Å². The Hall–Kier alpha value is -6.69. The van der Waals surface area contributed by atoms with E-state index in [1.807, 2.05) is 60.7 Å². The molecule has 5 aromatic rings. The number of rotatable bonds is 15. The lowest BCUT2D eigenvalue weighted by molar-refractivity contribution is -0.138. The maximum Gasteiger partial charge on any atom is 0.239 e. The fraction of sp³-hybridized carbons (Fsp3) is 0.267. The zero-order valence-corrected chi connectivity index (χ0v) is 32.0. The number of phenolic OH excluding ortho intramolecular Hbond substituents is 1. The average molecular weight is 770 g/mol. The molecule has 294 valence electrons. The van der Waals surface area contributed by atoms with E-state index in [-0.39, 0.29) is 42.8 Å². The zero-order valence-electron chi connectivity index (χ0n) is 32.0. The first-order chi connectivity index (χ1) is 27.8. The van der Waals surface area contributed by atoms with E-state index >= 15 is 0 Å². The van der Waals surface area contributed by atoms with Gasteiger partial charge in [-0.2, -0.15) is 0 Å². The molecule has 3 N–H and O–H groups in total. The first-order valence-corrected chi connectivity index (χ1v) is 19.1. The van der Waals surface area contributed by atoms with Gasteiger partial charge in [0.25, 0.3) is 0 Å². The van der Waals surface area contributed by atoms with Crippen molar-refractivity contribution in [2.45, 2.75) is 32.4 Å². The number of hydrogen-bond donors (Lipinski definition) is 3. The number of amides is 3. The van der Waals surface area contributed by atoms with Crippen molar-refractivity contribution in [3.05, 3.63) is 143 Å². The number of methoxy groups -OCH3 is 1. The Morgan fingerprint density at radius 3 is 1.65 bits per heavy atom. The van der Waals surface area contributed by atoms with Crippen LogP contribution in [0.4, 0.5) is 11.4 Å². The van der Waals surface area contributed by atoms with Crippen LogP contribution in [0.15, 0.2) is 115 Å². The molecular weight excluding hydrogens is 723 g/mol. The molecule has 0 spiro atoms. The van der Waals surface area contributed by atoms with Gasteiger partial charge in [0.1, 0.15) is 24.6 Å². The third-order valence-electron chi connectivity index (χ3n) is 10.1. The first-order valence-electron chi connectivity index (χ1n) is 19.1. The summed E-state index contributed by atoms with van der Waals surface area (Å²) in [4.78, 5) is 45.7. The molecular formula is C45H47N5O7. The van der Waals surface area contributed by atoms with Gasteiger partial charge in [-0.3, -0.25) is 14.4 Å². The summed E-state index contributed by atoms with van der Waals surface area (Å²) in [7, 11) is 1.43. The molecule has 12 heteroatoms. The molecule has 0 fully saturated rings. The topological polar surface area (TPSA) is 133 Å². The van der Waals surface area contributed by atoms with Crippen LogP contribution in [0.5, 0.6) is 23.0 Å². The molecule has 12 nitrogen and oxygen atoms in total. The number of anilines is 2. The molecule has 0 unspecified atom stereocenters. The summed E-state index contributed by atoms with van der Waals surface area (Å²) in [6, 6.07) is 36.9. The van der Waals surface area contributed by atoms with Crippen LogP contribution in [0.2, 0.25) is 0 Å². The minimum absolute atomic E-state index is 0.0516. The molecule has 0 radical (unpaired) electrons. The van der Waals surface area contributed by atoms with Crippen LogP contribution >= 0.6 is 0 Å². The summed E-state index contributed by atoms with van der Waals surface area (Å²) in [6.07, 6.45) is 1.06. The lowest BCUT2D eigenvalue weighted by atomic mass is 10.1. The normalized spacial score (nSPS) is 13.0. The summed E-state index contributed by atoms with van der Waals surface area (Å²) in [5.74, 6) is 0.703. The molecule has 0 saturated heterocycles. The Morgan fingerprint density at radius 1 is 0.667 bits per heavy atom. The van der Waals surface area contributed by atoms with Crippen molar-refractivity contribution in [3.8, 4) is 23.0 Å². The summed E-state index contributed by atoms with van der Waals surface area (Å²) < 4.78 is 17.2. The number of nitrogens with one attached hydrogen (secondary N) is 2. The number of para-hydroxylation sites is 2. The number of aromatic hydroxyl groups is 1. The van der Waals surface area contributed by atoms with Crippen molar-refractivity contribution in [1.82, 2.24) is 15.5 Å². The highest BCUT2D eigenvalue weighted by molar-refractivity contribution is 5.90. The number of ether oxygens (including phenoxy) is 3. The Morgan fingerprint density at radius 2 is 1.16 bits per heavy atom. The van der Waals surface area contributed by atoms with Gasteiger partial charge in [-0.25, -0.2) is 0 Å². The molecule has 57 heavy (non-hydrogen) atoms. The van der Waals surface area contributed by atoms with Crippen LogP contribution in [-0.4, -0.2) is 74.5 Å². The first kappa shape index (κ1) is 38.6. The second-order valence-electron chi connectivity index (χ2n) is 14.1. The van der Waals surface area contributed by atoms with Gasteiger partial charge in [0, 0.05) is 48.7 Å². The number of carbonyl (C=O) groups is 3. The van der Waals surface area contributed by atoms with Crippen LogP contribution in [0, 0.1) is 0 Å². The van der Waals surface area contributed by atoms with Crippen molar-refractivity contribution in [3.63, 3.8) is 0 Å². The summed E-state index contributed by atoms with van der Waals surface area (Å²) in [6.45, 7) is 2.46. The summed E-state index contributed by atoms with van der Waals surface area (Å²) >= 11 is 0. The molecule has 7 rings (SSSR count). The molecule has 5 aromatic carbocycles. The highest BCUT2D eigenvalue weighted by Crippen LogP contribution is 2.31. The number of benzene rings is 5. The van der Waals surface area contributed by atoms with Gasteiger partial charge in [-0.1, -0.05) is 66.7 Å². The standard InChI is InChI=1S/C45H47N5O7/c1-55-42-24-34(12-15-39(42)51)25-45(54)48(28-43(52)46-20-18-32-13-16-40-35(22-32)26-49(30-56-40)37-8-4-2-5-9-37)29-44(53)47-21-19-33-14-17-41-36(23-33)27-50(31-57-41)38-10-6-3-7-11-38/h2-17,22-24,51H,18-21,25-31H2,1H3,(H,46,52)(H,47,53). The molecule has 0 bridgehead atoms. The van der Waals surface area contributed by atoms with Gasteiger partial charge < -0.3 is 44.7 Å². The maximum atomic E-state index is 13.6. The van der Waals surface area contributed by atoms with Crippen molar-refractivity contribution in [1.29, 1.82) is 0 Å². The van der Waals surface area contributed by atoms with E-state index < -0.39 is 5.91 Å². The molecule has 3 amide bonds. The van der Waals surface area contributed by atoms with Crippen molar-refractivity contribution < 1.29 is 33.7 Å². The van der Waals surface area contributed by atoms with E-state index in [1.54, 1.807) is 12.1 Å². The summed E-state index contributed by atoms with van der Waals surface area (Å²) in [5.41, 5.74) is 6.96. The van der Waals surface area contributed by atoms with Gasteiger partial charge in [0.15, 0.2) is 25.0 Å². The van der Waals surface area contributed by atoms with Crippen LogP contribution in [0.3, 0.4) is 0 Å². The molecule has 0 aromatic heterocycles. The Kier molecular flexibility index (Phi) is 12.4. The van der Waals surface area contributed by atoms with E-state index in [0.717, 1.165) is 45.1 Å². The average Bonchev–Trinajstić information content (AvgIpc) is 3.24. The highest BCUT2D eigenvalue weighted by atomic mass is 16.5. The SMILES string of the molecule is COc1cc(CC(=O)N(CC(=O)NCCc2ccc3c(c2)CN(c2ccccc2)CO3)CC(=O)NCCc2ccc3c(c2)CN(c2ccccc2)CO3)ccc1O. The van der Waals surface area contributed by atoms with E-state index in [4.69, 9.17) is 14.2 Å². The van der Waals surface area contributed by atoms with Crippen LogP contribution in [0.25, 0.3) is 0 Å². The largest absolute Gasteiger partial charge is 0.504 e. The fourth-order valence-electron chi connectivity index (χ4n) is 7.01. The van der Waals surface area contributed by atoms with Gasteiger partial charge >= 0.3 is 0 Å². The number of hydrogen-bond acceptors (Lipinski definition) is 9. The second-order valence-corrected chi connectivity index (χ2v) is 14.1. The lowest BCUT2D eigenvalue weighted by Gasteiger charge is -2.31. The number of phenols is 1. The Balaban J connectivity index is 0.936. The summed E-state index contributed by atoms with van der Waals surface area (Å²) in [5, 5.41) is 15.9. The monoisotopic (exact) mass is 769 g/mol. The minimum atomic E-state index is -0.414. The van der Waals surface area contributed by atoms with Gasteiger partial charge in [0.05, 0.1) is 13.5 Å². The van der Waals surface area contributed by atoms with E-state index in [2.05, 4.69) is 56.8 Å². The highest BCUT2D eigenvalue weighted by Gasteiger charge is 2.23. The second kappa shape index (κ2) is 18.3. The molecule has 0 saturated carbocycles. The van der Waals surface area contributed by atoms with E-state index in [0.29, 0.717) is 58.0 Å². The van der Waals surface area contributed by atoms with E-state index in [9.17, 15) is 19.5 Å². The minimum Gasteiger partial charge on any atom is -0.504 e. The maximum absolute atomic E-state index is 13.6. The fourth-order valence-corrected chi connectivity index (χ4v) is 7.01. The molecule has 2 aliphatic heterocycles. The van der Waals surface area contributed by atoms with Crippen LogP contribution < -0.4 is 34.6 Å². The van der Waals surface area contributed by atoms with E-state index in [1.165, 1.54) is 18.1 Å². The van der Waals surface area contributed by atoms with Crippen molar-refractivity contribution >= 4 is 29.1 Å². The Bertz CT molecular complexity index is 2060. The van der Waals surface area contributed by atoms with Gasteiger partial charge in [0.2, 0.25) is 17.7 Å².